The fourth-order valence-electron chi connectivity index (χ4n) is 6.18. The molecule has 242 valence electrons. The van der Waals surface area contributed by atoms with Gasteiger partial charge in [-0.05, 0) is 72.5 Å². The first-order chi connectivity index (χ1) is 22.6. The number of hydrogen-bond acceptors (Lipinski definition) is 6. The maximum Gasteiger partial charge on any atom is 0.255 e. The fraction of sp³-hybridized carbons (Fsp3) is 0.229. The first-order valence-electron chi connectivity index (χ1n) is 15.0. The normalized spacial score (nSPS) is 14.8. The number of carbonyl (C=O) groups is 2. The highest BCUT2D eigenvalue weighted by molar-refractivity contribution is 7.92. The summed E-state index contributed by atoms with van der Waals surface area (Å²) < 4.78 is 60.7. The Morgan fingerprint density at radius 2 is 1.85 bits per heavy atom. The van der Waals surface area contributed by atoms with Crippen LogP contribution in [0.25, 0.3) is 33.4 Å². The molecule has 2 aromatic heterocycles. The van der Waals surface area contributed by atoms with E-state index >= 15 is 0 Å². The zero-order valence-corrected chi connectivity index (χ0v) is 26.6. The molecule has 5 aromatic rings. The van der Waals surface area contributed by atoms with Crippen molar-refractivity contribution < 1.29 is 31.2 Å². The highest BCUT2D eigenvalue weighted by Crippen LogP contribution is 2.42. The van der Waals surface area contributed by atoms with Crippen molar-refractivity contribution in [1.82, 2.24) is 15.2 Å². The number of benzene rings is 3. The van der Waals surface area contributed by atoms with Crippen molar-refractivity contribution in [2.24, 2.45) is 0 Å². The van der Waals surface area contributed by atoms with E-state index in [0.717, 1.165) is 29.0 Å². The lowest BCUT2D eigenvalue weighted by atomic mass is 9.96. The third-order valence-corrected chi connectivity index (χ3v) is 9.51. The second-order valence-electron chi connectivity index (χ2n) is 11.3. The largest absolute Gasteiger partial charge is 0.455 e. The van der Waals surface area contributed by atoms with Gasteiger partial charge in [-0.2, -0.15) is 0 Å². The van der Waals surface area contributed by atoms with E-state index in [0.29, 0.717) is 34.2 Å². The van der Waals surface area contributed by atoms with Crippen LogP contribution < -0.4 is 9.62 Å². The van der Waals surface area contributed by atoms with Crippen molar-refractivity contribution in [2.45, 2.75) is 18.9 Å². The molecule has 2 amide bonds. The van der Waals surface area contributed by atoms with Gasteiger partial charge in [-0.3, -0.25) is 18.9 Å². The standard InChI is InChI=1S/C35H32F2N4O5S/c1-38-34(42)32-28-19-27(23-6-3-7-24(18-23)35(43)40-16-5-9-29(40)25-8-4-15-39-21-25)30(41(17-14-36)47(2,44)45)20-31(28)46-33(32)22-10-12-26(37)13-11-22/h3-4,6-8,10-13,15,18-21,29H,5,9,14,16-17H2,1-2H3,(H,38,42). The van der Waals surface area contributed by atoms with Gasteiger partial charge in [0.15, 0.2) is 0 Å². The van der Waals surface area contributed by atoms with Gasteiger partial charge in [-0.15, -0.1) is 0 Å². The SMILES string of the molecule is CNC(=O)c1c(-c2ccc(F)cc2)oc2cc(N(CCF)S(C)(=O)=O)c(-c3cccc(C(=O)N4CCCC4c4cccnc4)c3)cc12. The molecular weight excluding hydrogens is 626 g/mol. The number of aromatic nitrogens is 1. The summed E-state index contributed by atoms with van der Waals surface area (Å²) in [5, 5.41) is 2.96. The molecule has 0 radical (unpaired) electrons. The molecule has 3 aromatic carbocycles. The average molecular weight is 659 g/mol. The van der Waals surface area contributed by atoms with E-state index < -0.39 is 35.0 Å². The smallest absolute Gasteiger partial charge is 0.255 e. The molecule has 0 spiro atoms. The molecule has 1 atom stereocenters. The Bertz CT molecular complexity index is 2070. The van der Waals surface area contributed by atoms with E-state index in [9.17, 15) is 26.8 Å². The van der Waals surface area contributed by atoms with Crippen LogP contribution in [0.1, 0.15) is 45.2 Å². The fourth-order valence-corrected chi connectivity index (χ4v) is 7.09. The minimum absolute atomic E-state index is 0.111. The van der Waals surface area contributed by atoms with Gasteiger partial charge < -0.3 is 14.6 Å². The van der Waals surface area contributed by atoms with E-state index in [1.807, 2.05) is 12.1 Å². The lowest BCUT2D eigenvalue weighted by Gasteiger charge is -2.26. The third kappa shape index (κ3) is 6.20. The van der Waals surface area contributed by atoms with E-state index in [4.69, 9.17) is 4.42 Å². The molecule has 1 aliphatic heterocycles. The lowest BCUT2D eigenvalue weighted by molar-refractivity contribution is 0.0735. The summed E-state index contributed by atoms with van der Waals surface area (Å²) in [5.41, 5.74) is 2.99. The second kappa shape index (κ2) is 13.0. The Labute approximate surface area is 270 Å². The molecule has 3 heterocycles. The number of amides is 2. The Morgan fingerprint density at radius 3 is 2.53 bits per heavy atom. The zero-order valence-electron chi connectivity index (χ0n) is 25.7. The number of nitrogens with one attached hydrogen (secondary N) is 1. The van der Waals surface area contributed by atoms with Crippen LogP contribution in [0.15, 0.2) is 89.6 Å². The molecule has 1 fully saturated rings. The number of hydrogen-bond donors (Lipinski definition) is 1. The number of rotatable bonds is 9. The third-order valence-electron chi connectivity index (χ3n) is 8.33. The first-order valence-corrected chi connectivity index (χ1v) is 16.9. The van der Waals surface area contributed by atoms with Crippen molar-refractivity contribution in [1.29, 1.82) is 0 Å². The summed E-state index contributed by atoms with van der Waals surface area (Å²) in [6, 6.07) is 18.9. The van der Waals surface area contributed by atoms with E-state index in [2.05, 4.69) is 10.3 Å². The number of halogens is 2. The number of fused-ring (bicyclic) bond motifs is 1. The molecule has 1 saturated heterocycles. The minimum atomic E-state index is -3.99. The molecule has 12 heteroatoms. The summed E-state index contributed by atoms with van der Waals surface area (Å²) in [7, 11) is -2.53. The summed E-state index contributed by atoms with van der Waals surface area (Å²) in [6.07, 6.45) is 6.04. The Hall–Kier alpha value is -5.10. The van der Waals surface area contributed by atoms with Crippen molar-refractivity contribution in [2.75, 3.05) is 37.4 Å². The molecule has 47 heavy (non-hydrogen) atoms. The van der Waals surface area contributed by atoms with Crippen LogP contribution in [0.5, 0.6) is 0 Å². The summed E-state index contributed by atoms with van der Waals surface area (Å²) in [4.78, 5) is 33.2. The monoisotopic (exact) mass is 658 g/mol. The number of pyridine rings is 1. The van der Waals surface area contributed by atoms with Gasteiger partial charge >= 0.3 is 0 Å². The number of furan rings is 1. The number of carbonyl (C=O) groups excluding carboxylic acids is 2. The summed E-state index contributed by atoms with van der Waals surface area (Å²) in [6.45, 7) is -0.866. The van der Waals surface area contributed by atoms with Crippen LogP contribution in [-0.2, 0) is 10.0 Å². The molecular formula is C35H32F2N4O5S. The van der Waals surface area contributed by atoms with Gasteiger partial charge in [0.1, 0.15) is 23.8 Å². The summed E-state index contributed by atoms with van der Waals surface area (Å²) in [5.74, 6) is -0.998. The molecule has 1 unspecified atom stereocenters. The average Bonchev–Trinajstić information content (AvgIpc) is 3.71. The molecule has 0 bridgehead atoms. The predicted molar refractivity (Wildman–Crippen MR) is 176 cm³/mol. The molecule has 0 aliphatic carbocycles. The van der Waals surface area contributed by atoms with Gasteiger partial charge in [0.2, 0.25) is 10.0 Å². The maximum absolute atomic E-state index is 13.9. The highest BCUT2D eigenvalue weighted by atomic mass is 32.2. The number of nitrogens with zero attached hydrogens (tertiary/aromatic N) is 3. The summed E-state index contributed by atoms with van der Waals surface area (Å²) >= 11 is 0. The minimum Gasteiger partial charge on any atom is -0.455 e. The van der Waals surface area contributed by atoms with E-state index in [-0.39, 0.29) is 34.5 Å². The van der Waals surface area contributed by atoms with Crippen LogP contribution in [0, 0.1) is 5.82 Å². The molecule has 1 N–H and O–H groups in total. The quantitative estimate of drug-likeness (QED) is 0.197. The van der Waals surface area contributed by atoms with Crippen molar-refractivity contribution in [3.05, 3.63) is 108 Å². The molecule has 1 aliphatic rings. The van der Waals surface area contributed by atoms with E-state index in [1.54, 1.807) is 47.6 Å². The first kappa shape index (κ1) is 31.9. The predicted octanol–water partition coefficient (Wildman–Crippen LogP) is 6.37. The number of anilines is 1. The van der Waals surface area contributed by atoms with Crippen molar-refractivity contribution in [3.8, 4) is 22.5 Å². The van der Waals surface area contributed by atoms with E-state index in [1.165, 1.54) is 37.4 Å². The molecule has 6 rings (SSSR count). The van der Waals surface area contributed by atoms with Crippen LogP contribution in [-0.4, -0.2) is 63.2 Å². The zero-order chi connectivity index (χ0) is 33.3. The lowest BCUT2D eigenvalue weighted by Crippen LogP contribution is -2.32. The Balaban J connectivity index is 1.54. The van der Waals surface area contributed by atoms with Crippen LogP contribution in [0.4, 0.5) is 14.5 Å². The van der Waals surface area contributed by atoms with Crippen LogP contribution in [0.2, 0.25) is 0 Å². The van der Waals surface area contributed by atoms with Crippen molar-refractivity contribution in [3.63, 3.8) is 0 Å². The molecule has 0 saturated carbocycles. The topological polar surface area (TPSA) is 113 Å². The van der Waals surface area contributed by atoms with Gasteiger partial charge in [-0.25, -0.2) is 17.2 Å². The number of alkyl halides is 1. The van der Waals surface area contributed by atoms with Crippen LogP contribution >= 0.6 is 0 Å². The Morgan fingerprint density at radius 1 is 1.06 bits per heavy atom. The Kier molecular flexibility index (Phi) is 8.78. The highest BCUT2D eigenvalue weighted by Gasteiger charge is 2.32. The number of sulfonamides is 1. The van der Waals surface area contributed by atoms with Crippen LogP contribution in [0.3, 0.4) is 0 Å². The maximum atomic E-state index is 13.9. The van der Waals surface area contributed by atoms with Gasteiger partial charge in [-0.1, -0.05) is 18.2 Å². The number of likely N-dealkylation sites (tertiary alicyclic amines) is 1. The van der Waals surface area contributed by atoms with Gasteiger partial charge in [0, 0.05) is 54.1 Å². The van der Waals surface area contributed by atoms with Crippen molar-refractivity contribution >= 4 is 38.5 Å². The second-order valence-corrected chi connectivity index (χ2v) is 13.2. The molecule has 9 nitrogen and oxygen atoms in total. The van der Waals surface area contributed by atoms with Gasteiger partial charge in [0.25, 0.3) is 11.8 Å². The van der Waals surface area contributed by atoms with Gasteiger partial charge in [0.05, 0.1) is 30.1 Å².